The summed E-state index contributed by atoms with van der Waals surface area (Å²) in [6.45, 7) is 10.1. The Balaban J connectivity index is 2.25. The molecule has 1 amide bonds. The zero-order valence-electron chi connectivity index (χ0n) is 13.6. The fourth-order valence-corrected chi connectivity index (χ4v) is 2.70. The molecule has 0 spiro atoms. The summed E-state index contributed by atoms with van der Waals surface area (Å²) >= 11 is 0. The highest BCUT2D eigenvalue weighted by Gasteiger charge is 2.38. The second-order valence-electron chi connectivity index (χ2n) is 6.69. The molecule has 1 aliphatic rings. The lowest BCUT2D eigenvalue weighted by Crippen LogP contribution is -2.64. The maximum Gasteiger partial charge on any atom is 0.254 e. The van der Waals surface area contributed by atoms with E-state index in [1.165, 1.54) is 0 Å². The van der Waals surface area contributed by atoms with Crippen LogP contribution in [0.1, 0.15) is 38.1 Å². The molecule has 21 heavy (non-hydrogen) atoms. The highest BCUT2D eigenvalue weighted by Crippen LogP contribution is 2.24. The molecule has 1 saturated heterocycles. The lowest BCUT2D eigenvalue weighted by atomic mass is 9.92. The summed E-state index contributed by atoms with van der Waals surface area (Å²) in [4.78, 5) is 14.9. The first-order chi connectivity index (χ1) is 9.85. The molecule has 0 saturated carbocycles. The van der Waals surface area contributed by atoms with Gasteiger partial charge in [-0.1, -0.05) is 19.9 Å². The van der Waals surface area contributed by atoms with Gasteiger partial charge in [-0.25, -0.2) is 0 Å². The highest BCUT2D eigenvalue weighted by atomic mass is 16.5. The Labute approximate surface area is 127 Å². The molecule has 1 atom stereocenters. The van der Waals surface area contributed by atoms with E-state index in [-0.39, 0.29) is 11.4 Å². The second-order valence-corrected chi connectivity index (χ2v) is 6.69. The van der Waals surface area contributed by atoms with E-state index in [0.717, 1.165) is 13.1 Å². The largest absolute Gasteiger partial charge is 0.497 e. The van der Waals surface area contributed by atoms with Gasteiger partial charge < -0.3 is 15.0 Å². The van der Waals surface area contributed by atoms with Crippen molar-refractivity contribution in [3.8, 4) is 5.75 Å². The van der Waals surface area contributed by atoms with E-state index in [2.05, 4.69) is 33.0 Å². The fourth-order valence-electron chi connectivity index (χ4n) is 2.70. The van der Waals surface area contributed by atoms with Crippen molar-refractivity contribution in [2.45, 2.75) is 39.3 Å². The standard InChI is InChI=1S/C17H26N2O2/c1-12(2)15-10-19(17(3,4)11-18-15)16(20)13-7-6-8-14(9-13)21-5/h6-9,12,15,18H,10-11H2,1-5H3. The predicted octanol–water partition coefficient (Wildman–Crippen LogP) is 2.54. The smallest absolute Gasteiger partial charge is 0.254 e. The molecule has 1 aromatic rings. The van der Waals surface area contributed by atoms with Crippen LogP contribution in [0.25, 0.3) is 0 Å². The quantitative estimate of drug-likeness (QED) is 0.930. The molecule has 0 radical (unpaired) electrons. The topological polar surface area (TPSA) is 41.6 Å². The molecule has 1 heterocycles. The van der Waals surface area contributed by atoms with Crippen molar-refractivity contribution in [3.63, 3.8) is 0 Å². The van der Waals surface area contributed by atoms with Gasteiger partial charge in [0.1, 0.15) is 5.75 Å². The van der Waals surface area contributed by atoms with Gasteiger partial charge in [0.2, 0.25) is 0 Å². The van der Waals surface area contributed by atoms with Gasteiger partial charge in [0, 0.05) is 24.7 Å². The van der Waals surface area contributed by atoms with E-state index in [1.807, 2.05) is 29.2 Å². The molecule has 0 aliphatic carbocycles. The minimum absolute atomic E-state index is 0.0750. The molecule has 2 rings (SSSR count). The van der Waals surface area contributed by atoms with E-state index in [4.69, 9.17) is 4.74 Å². The summed E-state index contributed by atoms with van der Waals surface area (Å²) in [6, 6.07) is 7.73. The number of carbonyl (C=O) groups is 1. The monoisotopic (exact) mass is 290 g/mol. The molecule has 4 nitrogen and oxygen atoms in total. The normalized spacial score (nSPS) is 21.4. The molecule has 1 aliphatic heterocycles. The van der Waals surface area contributed by atoms with E-state index in [9.17, 15) is 4.79 Å². The fraction of sp³-hybridized carbons (Fsp3) is 0.588. The van der Waals surface area contributed by atoms with Gasteiger partial charge in [-0.05, 0) is 38.0 Å². The third-order valence-corrected chi connectivity index (χ3v) is 4.27. The van der Waals surface area contributed by atoms with Crippen LogP contribution in [0.15, 0.2) is 24.3 Å². The predicted molar refractivity (Wildman–Crippen MR) is 84.7 cm³/mol. The van der Waals surface area contributed by atoms with Gasteiger partial charge in [-0.3, -0.25) is 4.79 Å². The first-order valence-corrected chi connectivity index (χ1v) is 7.54. The zero-order chi connectivity index (χ0) is 15.6. The van der Waals surface area contributed by atoms with Gasteiger partial charge in [-0.2, -0.15) is 0 Å². The number of benzene rings is 1. The number of ether oxygens (including phenoxy) is 1. The number of hydrogen-bond donors (Lipinski definition) is 1. The van der Waals surface area contributed by atoms with E-state index in [1.54, 1.807) is 7.11 Å². The van der Waals surface area contributed by atoms with Crippen molar-refractivity contribution < 1.29 is 9.53 Å². The Kier molecular flexibility index (Phi) is 4.57. The summed E-state index contributed by atoms with van der Waals surface area (Å²) in [7, 11) is 1.62. The number of piperazine rings is 1. The third-order valence-electron chi connectivity index (χ3n) is 4.27. The number of methoxy groups -OCH3 is 1. The zero-order valence-corrected chi connectivity index (χ0v) is 13.6. The Morgan fingerprint density at radius 1 is 1.43 bits per heavy atom. The molecule has 4 heteroatoms. The Morgan fingerprint density at radius 3 is 2.76 bits per heavy atom. The molecule has 116 valence electrons. The van der Waals surface area contributed by atoms with Crippen LogP contribution in [-0.2, 0) is 0 Å². The minimum Gasteiger partial charge on any atom is -0.497 e. The lowest BCUT2D eigenvalue weighted by molar-refractivity contribution is 0.0353. The lowest BCUT2D eigenvalue weighted by Gasteiger charge is -2.47. The summed E-state index contributed by atoms with van der Waals surface area (Å²) < 4.78 is 5.22. The van der Waals surface area contributed by atoms with Gasteiger partial charge in [0.15, 0.2) is 0 Å². The van der Waals surface area contributed by atoms with Crippen molar-refractivity contribution in [2.75, 3.05) is 20.2 Å². The summed E-state index contributed by atoms with van der Waals surface area (Å²) in [5.41, 5.74) is 0.498. The molecular weight excluding hydrogens is 264 g/mol. The van der Waals surface area contributed by atoms with Gasteiger partial charge >= 0.3 is 0 Å². The Hall–Kier alpha value is -1.55. The second kappa shape index (κ2) is 6.06. The van der Waals surface area contributed by atoms with Crippen molar-refractivity contribution in [1.29, 1.82) is 0 Å². The third kappa shape index (κ3) is 3.38. The summed E-state index contributed by atoms with van der Waals surface area (Å²) in [6.07, 6.45) is 0. The van der Waals surface area contributed by atoms with Crippen molar-refractivity contribution in [2.24, 2.45) is 5.92 Å². The van der Waals surface area contributed by atoms with Crippen molar-refractivity contribution >= 4 is 5.91 Å². The van der Waals surface area contributed by atoms with Crippen molar-refractivity contribution in [3.05, 3.63) is 29.8 Å². The minimum atomic E-state index is -0.189. The van der Waals surface area contributed by atoms with Crippen LogP contribution in [0.2, 0.25) is 0 Å². The van der Waals surface area contributed by atoms with E-state index in [0.29, 0.717) is 23.3 Å². The summed E-state index contributed by atoms with van der Waals surface area (Å²) in [5.74, 6) is 1.29. The number of nitrogens with one attached hydrogen (secondary N) is 1. The van der Waals surface area contributed by atoms with Gasteiger partial charge in [0.25, 0.3) is 5.91 Å². The maximum atomic E-state index is 12.9. The molecule has 1 aromatic carbocycles. The Morgan fingerprint density at radius 2 is 2.14 bits per heavy atom. The molecule has 0 aromatic heterocycles. The van der Waals surface area contributed by atoms with Crippen LogP contribution in [0.3, 0.4) is 0 Å². The number of carbonyl (C=O) groups excluding carboxylic acids is 1. The number of hydrogen-bond acceptors (Lipinski definition) is 3. The van der Waals surface area contributed by atoms with E-state index < -0.39 is 0 Å². The van der Waals surface area contributed by atoms with Crippen LogP contribution in [0.4, 0.5) is 0 Å². The first kappa shape index (κ1) is 15.8. The van der Waals surface area contributed by atoms with Crippen LogP contribution >= 0.6 is 0 Å². The van der Waals surface area contributed by atoms with Crippen LogP contribution < -0.4 is 10.1 Å². The molecular formula is C17H26N2O2. The van der Waals surface area contributed by atoms with Crippen LogP contribution in [-0.4, -0.2) is 42.6 Å². The van der Waals surface area contributed by atoms with Crippen LogP contribution in [0, 0.1) is 5.92 Å². The highest BCUT2D eigenvalue weighted by molar-refractivity contribution is 5.95. The average molecular weight is 290 g/mol. The molecule has 0 bridgehead atoms. The van der Waals surface area contributed by atoms with Gasteiger partial charge in [0.05, 0.1) is 12.6 Å². The van der Waals surface area contributed by atoms with E-state index >= 15 is 0 Å². The van der Waals surface area contributed by atoms with Crippen molar-refractivity contribution in [1.82, 2.24) is 10.2 Å². The Bertz CT molecular complexity index is 511. The van der Waals surface area contributed by atoms with Crippen LogP contribution in [0.5, 0.6) is 5.75 Å². The first-order valence-electron chi connectivity index (χ1n) is 7.54. The molecule has 1 fully saturated rings. The summed E-state index contributed by atoms with van der Waals surface area (Å²) in [5, 5.41) is 3.55. The van der Waals surface area contributed by atoms with Gasteiger partial charge in [-0.15, -0.1) is 0 Å². The molecule has 1 unspecified atom stereocenters. The number of amides is 1. The number of nitrogens with zero attached hydrogens (tertiary/aromatic N) is 1. The average Bonchev–Trinajstić information content (AvgIpc) is 2.46. The SMILES string of the molecule is COc1cccc(C(=O)N2CC(C(C)C)NCC2(C)C)c1. The molecule has 1 N–H and O–H groups in total. The maximum absolute atomic E-state index is 12.9. The number of rotatable bonds is 3.